The van der Waals surface area contributed by atoms with Gasteiger partial charge in [-0.05, 0) is 58.7 Å². The minimum absolute atomic E-state index is 0.665. The highest BCUT2D eigenvalue weighted by Crippen LogP contribution is 2.23. The SMILES string of the molecule is Cc1nc(N(C)Cc2cc(N)ccc2Cl)ccc1Br. The van der Waals surface area contributed by atoms with Crippen LogP contribution in [0.5, 0.6) is 0 Å². The highest BCUT2D eigenvalue weighted by atomic mass is 79.9. The molecule has 2 N–H and O–H groups in total. The summed E-state index contributed by atoms with van der Waals surface area (Å²) in [6, 6.07) is 9.48. The van der Waals surface area contributed by atoms with Crippen LogP contribution in [0.4, 0.5) is 11.5 Å². The third kappa shape index (κ3) is 3.39. The van der Waals surface area contributed by atoms with Gasteiger partial charge in [0, 0.05) is 28.8 Å². The van der Waals surface area contributed by atoms with Crippen molar-refractivity contribution in [2.75, 3.05) is 17.7 Å². The number of pyridine rings is 1. The fourth-order valence-corrected chi connectivity index (χ4v) is 2.19. The molecule has 0 saturated heterocycles. The van der Waals surface area contributed by atoms with Gasteiger partial charge in [0.2, 0.25) is 0 Å². The van der Waals surface area contributed by atoms with E-state index in [1.807, 2.05) is 43.1 Å². The summed E-state index contributed by atoms with van der Waals surface area (Å²) in [6.07, 6.45) is 0. The van der Waals surface area contributed by atoms with Gasteiger partial charge in [-0.3, -0.25) is 0 Å². The summed E-state index contributed by atoms with van der Waals surface area (Å²) in [5.41, 5.74) is 8.46. The van der Waals surface area contributed by atoms with E-state index in [0.29, 0.717) is 12.2 Å². The summed E-state index contributed by atoms with van der Waals surface area (Å²) in [7, 11) is 1.98. The van der Waals surface area contributed by atoms with E-state index in [1.54, 1.807) is 6.07 Å². The molecule has 1 heterocycles. The molecular weight excluding hydrogens is 326 g/mol. The Labute approximate surface area is 126 Å². The van der Waals surface area contributed by atoms with Gasteiger partial charge in [-0.1, -0.05) is 11.6 Å². The van der Waals surface area contributed by atoms with Gasteiger partial charge in [0.05, 0.1) is 5.69 Å². The van der Waals surface area contributed by atoms with Crippen LogP contribution in [-0.4, -0.2) is 12.0 Å². The van der Waals surface area contributed by atoms with Gasteiger partial charge in [-0.25, -0.2) is 4.98 Å². The smallest absolute Gasteiger partial charge is 0.128 e. The van der Waals surface area contributed by atoms with Crippen molar-refractivity contribution >= 4 is 39.0 Å². The average Bonchev–Trinajstić information content (AvgIpc) is 2.37. The molecular formula is C14H15BrClN3. The van der Waals surface area contributed by atoms with Crippen molar-refractivity contribution in [1.82, 2.24) is 4.98 Å². The maximum absolute atomic E-state index is 6.17. The van der Waals surface area contributed by atoms with Crippen LogP contribution < -0.4 is 10.6 Å². The molecule has 0 spiro atoms. The Kier molecular flexibility index (Phi) is 4.32. The lowest BCUT2D eigenvalue weighted by atomic mass is 10.2. The quantitative estimate of drug-likeness (QED) is 0.858. The van der Waals surface area contributed by atoms with Crippen LogP contribution in [0.15, 0.2) is 34.8 Å². The minimum Gasteiger partial charge on any atom is -0.399 e. The van der Waals surface area contributed by atoms with Crippen LogP contribution in [0.2, 0.25) is 5.02 Å². The van der Waals surface area contributed by atoms with Crippen molar-refractivity contribution in [2.45, 2.75) is 13.5 Å². The van der Waals surface area contributed by atoms with Crippen molar-refractivity contribution < 1.29 is 0 Å². The molecule has 19 heavy (non-hydrogen) atoms. The Balaban J connectivity index is 2.22. The molecule has 0 unspecified atom stereocenters. The predicted octanol–water partition coefficient (Wildman–Crippen LogP) is 4.02. The molecule has 2 rings (SSSR count). The lowest BCUT2D eigenvalue weighted by molar-refractivity contribution is 0.891. The molecule has 1 aromatic heterocycles. The molecule has 0 radical (unpaired) electrons. The number of aromatic nitrogens is 1. The summed E-state index contributed by atoms with van der Waals surface area (Å²) in [6.45, 7) is 2.63. The van der Waals surface area contributed by atoms with E-state index in [0.717, 1.165) is 26.6 Å². The lowest BCUT2D eigenvalue weighted by Gasteiger charge is -2.20. The summed E-state index contributed by atoms with van der Waals surface area (Å²) < 4.78 is 1.01. The van der Waals surface area contributed by atoms with Crippen LogP contribution in [0.25, 0.3) is 0 Å². The van der Waals surface area contributed by atoms with Crippen LogP contribution >= 0.6 is 27.5 Å². The molecule has 0 amide bonds. The number of halogens is 2. The molecule has 0 saturated carbocycles. The van der Waals surface area contributed by atoms with Gasteiger partial charge in [0.1, 0.15) is 5.82 Å². The molecule has 0 atom stereocenters. The van der Waals surface area contributed by atoms with E-state index in [2.05, 4.69) is 20.9 Å². The first-order chi connectivity index (χ1) is 8.97. The number of nitrogen functional groups attached to an aromatic ring is 1. The van der Waals surface area contributed by atoms with Crippen LogP contribution in [0, 0.1) is 6.92 Å². The molecule has 0 aliphatic rings. The lowest BCUT2D eigenvalue weighted by Crippen LogP contribution is -2.18. The number of hydrogen-bond acceptors (Lipinski definition) is 3. The molecule has 100 valence electrons. The van der Waals surface area contributed by atoms with Crippen molar-refractivity contribution in [1.29, 1.82) is 0 Å². The second-order valence-corrected chi connectivity index (χ2v) is 5.71. The Morgan fingerprint density at radius 1 is 1.32 bits per heavy atom. The number of rotatable bonds is 3. The highest BCUT2D eigenvalue weighted by Gasteiger charge is 2.08. The largest absolute Gasteiger partial charge is 0.399 e. The molecule has 5 heteroatoms. The molecule has 3 nitrogen and oxygen atoms in total. The second-order valence-electron chi connectivity index (χ2n) is 4.44. The van der Waals surface area contributed by atoms with Gasteiger partial charge in [0.15, 0.2) is 0 Å². The average molecular weight is 341 g/mol. The summed E-state index contributed by atoms with van der Waals surface area (Å²) >= 11 is 9.62. The fraction of sp³-hybridized carbons (Fsp3) is 0.214. The normalized spacial score (nSPS) is 10.5. The third-order valence-corrected chi connectivity index (χ3v) is 4.08. The highest BCUT2D eigenvalue weighted by molar-refractivity contribution is 9.10. The third-order valence-electron chi connectivity index (χ3n) is 2.88. The summed E-state index contributed by atoms with van der Waals surface area (Å²) in [5, 5.41) is 0.717. The van der Waals surface area contributed by atoms with E-state index >= 15 is 0 Å². The minimum atomic E-state index is 0.665. The number of anilines is 2. The van der Waals surface area contributed by atoms with Crippen LogP contribution in [0.1, 0.15) is 11.3 Å². The number of aryl methyl sites for hydroxylation is 1. The molecule has 0 fully saturated rings. The van der Waals surface area contributed by atoms with E-state index < -0.39 is 0 Å². The maximum atomic E-state index is 6.17. The Bertz CT molecular complexity index is 601. The first kappa shape index (κ1) is 14.2. The topological polar surface area (TPSA) is 42.2 Å². The van der Waals surface area contributed by atoms with Crippen molar-refractivity contribution in [3.8, 4) is 0 Å². The zero-order valence-corrected chi connectivity index (χ0v) is 13.2. The van der Waals surface area contributed by atoms with Crippen molar-refractivity contribution in [2.24, 2.45) is 0 Å². The van der Waals surface area contributed by atoms with Crippen LogP contribution in [-0.2, 0) is 6.54 Å². The fourth-order valence-electron chi connectivity index (χ4n) is 1.80. The standard InChI is InChI=1S/C14H15BrClN3/c1-9-12(15)4-6-14(18-9)19(2)8-10-7-11(17)3-5-13(10)16/h3-7H,8,17H2,1-2H3. The number of hydrogen-bond donors (Lipinski definition) is 1. The van der Waals surface area contributed by atoms with E-state index in [9.17, 15) is 0 Å². The summed E-state index contributed by atoms with van der Waals surface area (Å²) in [4.78, 5) is 6.57. The summed E-state index contributed by atoms with van der Waals surface area (Å²) in [5.74, 6) is 0.902. The predicted molar refractivity (Wildman–Crippen MR) is 84.6 cm³/mol. The maximum Gasteiger partial charge on any atom is 0.128 e. The Morgan fingerprint density at radius 2 is 2.05 bits per heavy atom. The Morgan fingerprint density at radius 3 is 2.74 bits per heavy atom. The van der Waals surface area contributed by atoms with Gasteiger partial charge >= 0.3 is 0 Å². The molecule has 0 bridgehead atoms. The second kappa shape index (κ2) is 5.80. The molecule has 0 aliphatic heterocycles. The first-order valence-corrected chi connectivity index (χ1v) is 7.02. The number of nitrogens with two attached hydrogens (primary N) is 1. The zero-order chi connectivity index (χ0) is 14.0. The van der Waals surface area contributed by atoms with Gasteiger partial charge in [-0.15, -0.1) is 0 Å². The molecule has 1 aromatic carbocycles. The monoisotopic (exact) mass is 339 g/mol. The van der Waals surface area contributed by atoms with Gasteiger partial charge in [-0.2, -0.15) is 0 Å². The van der Waals surface area contributed by atoms with E-state index in [-0.39, 0.29) is 0 Å². The van der Waals surface area contributed by atoms with Crippen molar-refractivity contribution in [3.05, 3.63) is 51.1 Å². The van der Waals surface area contributed by atoms with Crippen LogP contribution in [0.3, 0.4) is 0 Å². The molecule has 2 aromatic rings. The Hall–Kier alpha value is -1.26. The van der Waals surface area contributed by atoms with E-state index in [4.69, 9.17) is 17.3 Å². The first-order valence-electron chi connectivity index (χ1n) is 5.85. The van der Waals surface area contributed by atoms with Gasteiger partial charge < -0.3 is 10.6 Å². The number of benzene rings is 1. The van der Waals surface area contributed by atoms with Crippen molar-refractivity contribution in [3.63, 3.8) is 0 Å². The molecule has 0 aliphatic carbocycles. The zero-order valence-electron chi connectivity index (χ0n) is 10.8. The van der Waals surface area contributed by atoms with E-state index in [1.165, 1.54) is 0 Å². The van der Waals surface area contributed by atoms with Gasteiger partial charge in [0.25, 0.3) is 0 Å². The number of nitrogens with zero attached hydrogens (tertiary/aromatic N) is 2.